The molecule has 0 aromatic heterocycles. The Hall–Kier alpha value is -0.480. The van der Waals surface area contributed by atoms with Gasteiger partial charge in [0.2, 0.25) is 0 Å². The van der Waals surface area contributed by atoms with Crippen molar-refractivity contribution in [3.8, 4) is 0 Å². The van der Waals surface area contributed by atoms with Gasteiger partial charge in [0.15, 0.2) is 0 Å². The number of benzene rings is 1. The molecule has 0 aliphatic rings. The monoisotopic (exact) mass is 236 g/mol. The number of hydrogen-bond donors (Lipinski definition) is 1. The maximum absolute atomic E-state index is 13.1. The smallest absolute Gasteiger partial charge is 0.146 e. The van der Waals surface area contributed by atoms with Crippen LogP contribution < -0.4 is 0 Å². The van der Waals surface area contributed by atoms with Gasteiger partial charge < -0.3 is 5.11 Å². The Morgan fingerprint density at radius 2 is 2.00 bits per heavy atom. The molecule has 1 aromatic carbocycles. The third kappa shape index (κ3) is 1.64. The summed E-state index contributed by atoms with van der Waals surface area (Å²) in [5.41, 5.74) is 0.0864. The molecule has 1 rings (SSSR count). The van der Waals surface area contributed by atoms with E-state index in [1.807, 2.05) is 0 Å². The van der Waals surface area contributed by atoms with E-state index in [-0.39, 0.29) is 10.0 Å². The zero-order valence-electron chi connectivity index (χ0n) is 6.31. The topological polar surface area (TPSA) is 20.2 Å². The fourth-order valence-corrected chi connectivity index (χ4v) is 1.22. The highest BCUT2D eigenvalue weighted by Crippen LogP contribution is 2.25. The van der Waals surface area contributed by atoms with Crippen molar-refractivity contribution in [1.82, 2.24) is 0 Å². The van der Waals surface area contributed by atoms with Crippen LogP contribution in [0.3, 0.4) is 0 Å². The molecule has 1 atom stereocenters. The molecule has 12 heavy (non-hydrogen) atoms. The van der Waals surface area contributed by atoms with Crippen molar-refractivity contribution in [2.45, 2.75) is 13.0 Å². The highest BCUT2D eigenvalue weighted by Gasteiger charge is 2.13. The van der Waals surface area contributed by atoms with Crippen LogP contribution in [0.25, 0.3) is 0 Å². The summed E-state index contributed by atoms with van der Waals surface area (Å²) in [6.45, 7) is 1.42. The third-order valence-electron chi connectivity index (χ3n) is 1.52. The van der Waals surface area contributed by atoms with Gasteiger partial charge in [0.25, 0.3) is 0 Å². The maximum atomic E-state index is 13.1. The fourth-order valence-electron chi connectivity index (χ4n) is 0.863. The van der Waals surface area contributed by atoms with Gasteiger partial charge in [0.05, 0.1) is 10.6 Å². The quantitative estimate of drug-likeness (QED) is 0.744. The molecule has 0 amide bonds. The van der Waals surface area contributed by atoms with E-state index < -0.39 is 17.7 Å². The van der Waals surface area contributed by atoms with Gasteiger partial charge >= 0.3 is 0 Å². The minimum Gasteiger partial charge on any atom is -0.389 e. The normalized spacial score (nSPS) is 13.1. The Labute approximate surface area is 77.2 Å². The van der Waals surface area contributed by atoms with E-state index in [1.54, 1.807) is 0 Å². The van der Waals surface area contributed by atoms with Crippen molar-refractivity contribution >= 4 is 15.9 Å². The molecule has 1 N–H and O–H groups in total. The van der Waals surface area contributed by atoms with Gasteiger partial charge in [-0.25, -0.2) is 8.78 Å². The molecule has 0 saturated heterocycles. The van der Waals surface area contributed by atoms with Crippen molar-refractivity contribution in [2.75, 3.05) is 0 Å². The molecule has 1 aromatic rings. The predicted molar refractivity (Wildman–Crippen MR) is 44.7 cm³/mol. The van der Waals surface area contributed by atoms with Crippen molar-refractivity contribution in [3.05, 3.63) is 33.8 Å². The van der Waals surface area contributed by atoms with Crippen LogP contribution in [0.1, 0.15) is 18.6 Å². The summed E-state index contributed by atoms with van der Waals surface area (Å²) in [6.07, 6.45) is -0.929. The van der Waals surface area contributed by atoms with Gasteiger partial charge in [-0.15, -0.1) is 0 Å². The molecule has 0 aliphatic heterocycles. The molecule has 0 fully saturated rings. The minimum atomic E-state index is -0.929. The summed E-state index contributed by atoms with van der Waals surface area (Å²) in [5, 5.41) is 9.04. The second-order valence-electron chi connectivity index (χ2n) is 2.44. The molecule has 0 saturated carbocycles. The lowest BCUT2D eigenvalue weighted by Gasteiger charge is -2.07. The average Bonchev–Trinajstić information content (AvgIpc) is 2.00. The van der Waals surface area contributed by atoms with E-state index in [0.717, 1.165) is 6.07 Å². The van der Waals surface area contributed by atoms with E-state index in [1.165, 1.54) is 13.0 Å². The van der Waals surface area contributed by atoms with E-state index in [4.69, 9.17) is 5.11 Å². The van der Waals surface area contributed by atoms with Gasteiger partial charge in [-0.3, -0.25) is 0 Å². The third-order valence-corrected chi connectivity index (χ3v) is 2.24. The van der Waals surface area contributed by atoms with Gasteiger partial charge in [-0.1, -0.05) is 6.07 Å². The Bertz CT molecular complexity index is 299. The minimum absolute atomic E-state index is 0.0864. The molecule has 0 spiro atoms. The number of halogens is 3. The first-order chi connectivity index (χ1) is 5.54. The van der Waals surface area contributed by atoms with Crippen molar-refractivity contribution < 1.29 is 13.9 Å². The van der Waals surface area contributed by atoms with Gasteiger partial charge in [0.1, 0.15) is 11.6 Å². The van der Waals surface area contributed by atoms with Crippen LogP contribution in [0.2, 0.25) is 0 Å². The van der Waals surface area contributed by atoms with Crippen LogP contribution >= 0.6 is 15.9 Å². The lowest BCUT2D eigenvalue weighted by atomic mass is 10.1. The molecule has 0 unspecified atom stereocenters. The molecule has 0 heterocycles. The summed E-state index contributed by atoms with van der Waals surface area (Å²) in [5.74, 6) is -1.41. The molecule has 66 valence electrons. The zero-order valence-corrected chi connectivity index (χ0v) is 7.90. The lowest BCUT2D eigenvalue weighted by molar-refractivity contribution is 0.193. The Morgan fingerprint density at radius 1 is 1.42 bits per heavy atom. The summed E-state index contributed by atoms with van der Waals surface area (Å²) in [6, 6.07) is 2.33. The lowest BCUT2D eigenvalue weighted by Crippen LogP contribution is -1.97. The first-order valence-corrected chi connectivity index (χ1v) is 4.14. The highest BCUT2D eigenvalue weighted by molar-refractivity contribution is 9.10. The number of rotatable bonds is 1. The van der Waals surface area contributed by atoms with Crippen LogP contribution in [0.4, 0.5) is 8.78 Å². The molecular weight excluding hydrogens is 230 g/mol. The second-order valence-corrected chi connectivity index (χ2v) is 3.23. The van der Waals surface area contributed by atoms with Crippen molar-refractivity contribution in [2.24, 2.45) is 0 Å². The average molecular weight is 237 g/mol. The summed E-state index contributed by atoms with van der Waals surface area (Å²) in [7, 11) is 0. The Kier molecular flexibility index (Phi) is 2.80. The van der Waals surface area contributed by atoms with Crippen molar-refractivity contribution in [3.63, 3.8) is 0 Å². The summed E-state index contributed by atoms with van der Waals surface area (Å²) in [4.78, 5) is 0. The van der Waals surface area contributed by atoms with E-state index in [0.29, 0.717) is 0 Å². The van der Waals surface area contributed by atoms with Gasteiger partial charge in [0, 0.05) is 5.56 Å². The van der Waals surface area contributed by atoms with E-state index in [2.05, 4.69) is 15.9 Å². The number of aliphatic hydroxyl groups is 1. The van der Waals surface area contributed by atoms with Crippen LogP contribution in [0.15, 0.2) is 16.6 Å². The van der Waals surface area contributed by atoms with E-state index >= 15 is 0 Å². The summed E-state index contributed by atoms with van der Waals surface area (Å²) < 4.78 is 25.5. The zero-order chi connectivity index (χ0) is 9.30. The largest absolute Gasteiger partial charge is 0.389 e. The second kappa shape index (κ2) is 3.49. The molecule has 0 radical (unpaired) electrons. The number of hydrogen-bond acceptors (Lipinski definition) is 1. The molecule has 0 bridgehead atoms. The fraction of sp³-hybridized carbons (Fsp3) is 0.250. The van der Waals surface area contributed by atoms with Crippen molar-refractivity contribution in [1.29, 1.82) is 0 Å². The summed E-state index contributed by atoms with van der Waals surface area (Å²) >= 11 is 2.74. The Balaban J connectivity index is 3.27. The standard InChI is InChI=1S/C8H7BrF2O/c1-4(12)5-2-3-6(10)7(9)8(5)11/h2-4,12H,1H3/t4-/m1/s1. The van der Waals surface area contributed by atoms with Crippen LogP contribution in [-0.2, 0) is 0 Å². The first kappa shape index (κ1) is 9.61. The van der Waals surface area contributed by atoms with Crippen LogP contribution in [0.5, 0.6) is 0 Å². The van der Waals surface area contributed by atoms with Gasteiger partial charge in [-0.05, 0) is 28.9 Å². The van der Waals surface area contributed by atoms with Crippen LogP contribution in [0, 0.1) is 11.6 Å². The molecule has 1 nitrogen and oxygen atoms in total. The Morgan fingerprint density at radius 3 is 2.50 bits per heavy atom. The first-order valence-electron chi connectivity index (χ1n) is 3.35. The highest BCUT2D eigenvalue weighted by atomic mass is 79.9. The maximum Gasteiger partial charge on any atom is 0.146 e. The van der Waals surface area contributed by atoms with Gasteiger partial charge in [-0.2, -0.15) is 0 Å². The predicted octanol–water partition coefficient (Wildman–Crippen LogP) is 2.78. The molecule has 0 aliphatic carbocycles. The number of aliphatic hydroxyl groups excluding tert-OH is 1. The molecular formula is C8H7BrF2O. The van der Waals surface area contributed by atoms with Crippen LogP contribution in [-0.4, -0.2) is 5.11 Å². The van der Waals surface area contributed by atoms with E-state index in [9.17, 15) is 8.78 Å². The molecule has 4 heteroatoms. The SMILES string of the molecule is C[C@@H](O)c1ccc(F)c(Br)c1F.